The Labute approximate surface area is 199 Å². The van der Waals surface area contributed by atoms with Gasteiger partial charge < -0.3 is 14.6 Å². The van der Waals surface area contributed by atoms with Gasteiger partial charge in [-0.25, -0.2) is 4.39 Å². The zero-order valence-electron chi connectivity index (χ0n) is 19.7. The van der Waals surface area contributed by atoms with Crippen molar-refractivity contribution >= 4 is 16.9 Å². The highest BCUT2D eigenvalue weighted by Gasteiger charge is 2.49. The average Bonchev–Trinajstić information content (AvgIpc) is 3.27. The smallest absolute Gasteiger partial charge is 0.323 e. The highest BCUT2D eigenvalue weighted by Crippen LogP contribution is 2.50. The summed E-state index contributed by atoms with van der Waals surface area (Å²) in [5, 5.41) is 1.17. The molecule has 6 heteroatoms. The van der Waals surface area contributed by atoms with Gasteiger partial charge in [-0.3, -0.25) is 9.69 Å². The average molecular weight is 462 g/mol. The Morgan fingerprint density at radius 1 is 1.00 bits per heavy atom. The Morgan fingerprint density at radius 2 is 1.74 bits per heavy atom. The molecule has 34 heavy (non-hydrogen) atoms. The van der Waals surface area contributed by atoms with Gasteiger partial charge in [0.25, 0.3) is 0 Å². The monoisotopic (exact) mass is 461 g/mol. The van der Waals surface area contributed by atoms with E-state index in [1.807, 2.05) is 18.2 Å². The van der Waals surface area contributed by atoms with Crippen LogP contribution in [0.15, 0.2) is 48.5 Å². The van der Waals surface area contributed by atoms with E-state index < -0.39 is 6.04 Å². The number of halogens is 1. The highest BCUT2D eigenvalue weighted by atomic mass is 19.1. The van der Waals surface area contributed by atoms with Crippen molar-refractivity contribution in [3.63, 3.8) is 0 Å². The van der Waals surface area contributed by atoms with Crippen molar-refractivity contribution < 1.29 is 13.9 Å². The Morgan fingerprint density at radius 3 is 2.53 bits per heavy atom. The molecule has 2 aromatic carbocycles. The van der Waals surface area contributed by atoms with E-state index in [0.717, 1.165) is 31.4 Å². The number of aromatic nitrogens is 1. The first-order valence-corrected chi connectivity index (χ1v) is 12.6. The predicted octanol–water partition coefficient (Wildman–Crippen LogP) is 5.14. The van der Waals surface area contributed by atoms with E-state index in [4.69, 9.17) is 4.74 Å². The van der Waals surface area contributed by atoms with Crippen LogP contribution in [0.25, 0.3) is 10.9 Å². The Bertz CT molecular complexity index is 1200. The maximum atomic E-state index is 15.2. The standard InChI is InChI=1S/C28H32FN3O2/c1-34-28(33)26-17-21-19-9-4-6-12-23(19)30-27(21)25-16-18(31-13-7-2-8-14-31)15-24(32(25)26)20-10-3-5-11-22(20)29/h3-6,9-12,18,24-26,30H,2,7-8,13-17H2,1H3. The molecule has 5 nitrogen and oxygen atoms in total. The van der Waals surface area contributed by atoms with Gasteiger partial charge >= 0.3 is 5.97 Å². The molecule has 4 atom stereocenters. The minimum atomic E-state index is -0.436. The van der Waals surface area contributed by atoms with Gasteiger partial charge in [0, 0.05) is 40.7 Å². The number of nitrogens with one attached hydrogen (secondary N) is 1. The number of piperidine rings is 2. The van der Waals surface area contributed by atoms with Gasteiger partial charge in [-0.1, -0.05) is 42.8 Å². The minimum Gasteiger partial charge on any atom is -0.468 e. The van der Waals surface area contributed by atoms with Crippen molar-refractivity contribution in [1.82, 2.24) is 14.8 Å². The molecule has 0 bridgehead atoms. The minimum absolute atomic E-state index is 0.00512. The first-order chi connectivity index (χ1) is 16.7. The molecule has 3 aliphatic rings. The van der Waals surface area contributed by atoms with Crippen LogP contribution in [0.2, 0.25) is 0 Å². The highest BCUT2D eigenvalue weighted by molar-refractivity contribution is 5.87. The number of likely N-dealkylation sites (tertiary alicyclic amines) is 1. The summed E-state index contributed by atoms with van der Waals surface area (Å²) in [5.74, 6) is -0.435. The third kappa shape index (κ3) is 3.55. The van der Waals surface area contributed by atoms with Gasteiger partial charge in [0.15, 0.2) is 0 Å². The van der Waals surface area contributed by atoms with E-state index in [-0.39, 0.29) is 23.9 Å². The van der Waals surface area contributed by atoms with Crippen molar-refractivity contribution in [1.29, 1.82) is 0 Å². The molecule has 2 saturated heterocycles. The fourth-order valence-electron chi connectivity index (χ4n) is 6.75. The fraction of sp³-hybridized carbons (Fsp3) is 0.464. The second-order valence-corrected chi connectivity index (χ2v) is 10.0. The van der Waals surface area contributed by atoms with E-state index in [1.165, 1.54) is 43.0 Å². The number of para-hydroxylation sites is 1. The second kappa shape index (κ2) is 8.82. The Kier molecular flexibility index (Phi) is 5.66. The number of rotatable bonds is 3. The number of carbonyl (C=O) groups is 1. The maximum Gasteiger partial charge on any atom is 0.323 e. The molecule has 4 heterocycles. The molecule has 4 unspecified atom stereocenters. The van der Waals surface area contributed by atoms with Crippen molar-refractivity contribution in [2.75, 3.05) is 20.2 Å². The molecule has 0 aliphatic carbocycles. The lowest BCUT2D eigenvalue weighted by atomic mass is 9.78. The van der Waals surface area contributed by atoms with Crippen LogP contribution < -0.4 is 0 Å². The number of esters is 1. The summed E-state index contributed by atoms with van der Waals surface area (Å²) in [6.45, 7) is 2.20. The van der Waals surface area contributed by atoms with E-state index in [9.17, 15) is 4.79 Å². The molecule has 1 aromatic heterocycles. The van der Waals surface area contributed by atoms with Crippen LogP contribution in [0, 0.1) is 5.82 Å². The molecule has 2 fully saturated rings. The third-order valence-electron chi connectivity index (χ3n) is 8.29. The molecule has 0 radical (unpaired) electrons. The van der Waals surface area contributed by atoms with E-state index in [1.54, 1.807) is 12.1 Å². The van der Waals surface area contributed by atoms with Gasteiger partial charge in [0.1, 0.15) is 11.9 Å². The van der Waals surface area contributed by atoms with Crippen LogP contribution in [-0.4, -0.2) is 53.0 Å². The largest absolute Gasteiger partial charge is 0.468 e. The van der Waals surface area contributed by atoms with Crippen molar-refractivity contribution in [2.45, 2.75) is 62.7 Å². The van der Waals surface area contributed by atoms with E-state index in [2.05, 4.69) is 33.0 Å². The summed E-state index contributed by atoms with van der Waals surface area (Å²) in [4.78, 5) is 21.7. The summed E-state index contributed by atoms with van der Waals surface area (Å²) in [6.07, 6.45) is 6.04. The molecule has 3 aromatic rings. The van der Waals surface area contributed by atoms with Crippen molar-refractivity contribution in [3.05, 3.63) is 71.2 Å². The maximum absolute atomic E-state index is 15.2. The van der Waals surface area contributed by atoms with Crippen LogP contribution in [-0.2, 0) is 16.0 Å². The normalized spacial score (nSPS) is 27.8. The van der Waals surface area contributed by atoms with Crippen LogP contribution in [0.5, 0.6) is 0 Å². The third-order valence-corrected chi connectivity index (χ3v) is 8.29. The van der Waals surface area contributed by atoms with Crippen LogP contribution in [0.4, 0.5) is 4.39 Å². The Balaban J connectivity index is 1.50. The molecule has 0 spiro atoms. The van der Waals surface area contributed by atoms with E-state index >= 15 is 4.39 Å². The lowest BCUT2D eigenvalue weighted by molar-refractivity contribution is -0.152. The van der Waals surface area contributed by atoms with Gasteiger partial charge in [-0.15, -0.1) is 0 Å². The Hall–Kier alpha value is -2.70. The molecule has 0 amide bonds. The van der Waals surface area contributed by atoms with Crippen LogP contribution in [0.3, 0.4) is 0 Å². The first kappa shape index (κ1) is 21.8. The molecular formula is C28H32FN3O2. The lowest BCUT2D eigenvalue weighted by Gasteiger charge is -2.52. The summed E-state index contributed by atoms with van der Waals surface area (Å²) < 4.78 is 20.5. The SMILES string of the molecule is COC(=O)C1Cc2c([nH]c3ccccc23)C2CC(N3CCCCC3)CC(c3ccccc3F)N12. The number of methoxy groups -OCH3 is 1. The van der Waals surface area contributed by atoms with Crippen LogP contribution >= 0.6 is 0 Å². The summed E-state index contributed by atoms with van der Waals surface area (Å²) in [6, 6.07) is 15.1. The fourth-order valence-corrected chi connectivity index (χ4v) is 6.75. The second-order valence-electron chi connectivity index (χ2n) is 10.0. The van der Waals surface area contributed by atoms with Crippen molar-refractivity contribution in [2.24, 2.45) is 0 Å². The summed E-state index contributed by atoms with van der Waals surface area (Å²) in [5.41, 5.74) is 4.17. The molecule has 0 saturated carbocycles. The molecule has 3 aliphatic heterocycles. The number of hydrogen-bond donors (Lipinski definition) is 1. The number of aromatic amines is 1. The number of hydrogen-bond acceptors (Lipinski definition) is 4. The zero-order chi connectivity index (χ0) is 23.2. The number of benzene rings is 2. The quantitative estimate of drug-likeness (QED) is 0.549. The molecular weight excluding hydrogens is 429 g/mol. The van der Waals surface area contributed by atoms with Gasteiger partial charge in [0.05, 0.1) is 13.2 Å². The molecule has 6 rings (SSSR count). The molecule has 1 N–H and O–H groups in total. The zero-order valence-corrected chi connectivity index (χ0v) is 19.7. The molecule has 178 valence electrons. The first-order valence-electron chi connectivity index (χ1n) is 12.6. The number of H-pyrrole nitrogens is 1. The van der Waals surface area contributed by atoms with Gasteiger partial charge in [0.2, 0.25) is 0 Å². The van der Waals surface area contributed by atoms with Gasteiger partial charge in [-0.05, 0) is 56.5 Å². The van der Waals surface area contributed by atoms with Crippen LogP contribution in [0.1, 0.15) is 61.0 Å². The number of nitrogens with zero attached hydrogens (tertiary/aromatic N) is 2. The lowest BCUT2D eigenvalue weighted by Crippen LogP contribution is -2.56. The summed E-state index contributed by atoms with van der Waals surface area (Å²) in [7, 11) is 1.46. The number of fused-ring (bicyclic) bond motifs is 5. The summed E-state index contributed by atoms with van der Waals surface area (Å²) >= 11 is 0. The van der Waals surface area contributed by atoms with E-state index in [0.29, 0.717) is 18.0 Å². The van der Waals surface area contributed by atoms with Crippen molar-refractivity contribution in [3.8, 4) is 0 Å². The van der Waals surface area contributed by atoms with Gasteiger partial charge in [-0.2, -0.15) is 0 Å². The number of carbonyl (C=O) groups excluding carboxylic acids is 1. The topological polar surface area (TPSA) is 48.6 Å². The number of ether oxygens (including phenoxy) is 1. The predicted molar refractivity (Wildman–Crippen MR) is 130 cm³/mol.